The number of carboxylic acids is 1. The highest BCUT2D eigenvalue weighted by atomic mass is 16.5. The number of hydrogen-bond acceptors (Lipinski definition) is 4. The smallest absolute Gasteiger partial charge is 0.335 e. The molecule has 1 fully saturated rings. The third kappa shape index (κ3) is 4.23. The Morgan fingerprint density at radius 2 is 1.77 bits per heavy atom. The second-order valence-electron chi connectivity index (χ2n) is 6.73. The number of rotatable bonds is 7. The van der Waals surface area contributed by atoms with Crippen LogP contribution in [0.15, 0.2) is 48.5 Å². The number of nitrogens with one attached hydrogen (secondary N) is 1. The molecule has 0 aromatic heterocycles. The zero-order valence-electron chi connectivity index (χ0n) is 15.0. The molecule has 0 bridgehead atoms. The van der Waals surface area contributed by atoms with Crippen molar-refractivity contribution in [2.24, 2.45) is 0 Å². The molecule has 5 heteroatoms. The average molecular weight is 355 g/mol. The van der Waals surface area contributed by atoms with E-state index in [1.807, 2.05) is 24.3 Å². The van der Waals surface area contributed by atoms with Crippen LogP contribution in [0.3, 0.4) is 0 Å². The Balaban J connectivity index is 1.67. The maximum Gasteiger partial charge on any atom is 0.335 e. The summed E-state index contributed by atoms with van der Waals surface area (Å²) in [6.07, 6.45) is 1.95. The molecule has 2 N–H and O–H groups in total. The van der Waals surface area contributed by atoms with Gasteiger partial charge in [0.2, 0.25) is 0 Å². The molecule has 0 spiro atoms. The highest BCUT2D eigenvalue weighted by Gasteiger charge is 2.34. The Labute approximate surface area is 153 Å². The van der Waals surface area contributed by atoms with Crippen LogP contribution in [0.1, 0.15) is 34.3 Å². The predicted molar refractivity (Wildman–Crippen MR) is 99.8 cm³/mol. The van der Waals surface area contributed by atoms with Gasteiger partial charge >= 0.3 is 5.97 Å². The van der Waals surface area contributed by atoms with E-state index in [2.05, 4.69) is 17.4 Å². The second-order valence-corrected chi connectivity index (χ2v) is 6.73. The van der Waals surface area contributed by atoms with Crippen LogP contribution in [-0.2, 0) is 16.7 Å². The van der Waals surface area contributed by atoms with Crippen molar-refractivity contribution < 1.29 is 19.4 Å². The summed E-state index contributed by atoms with van der Waals surface area (Å²) >= 11 is 0. The highest BCUT2D eigenvalue weighted by molar-refractivity contribution is 5.87. The molecule has 0 unspecified atom stereocenters. The molecule has 2 aromatic rings. The van der Waals surface area contributed by atoms with Gasteiger partial charge in [0.25, 0.3) is 0 Å². The first-order valence-electron chi connectivity index (χ1n) is 8.88. The maximum absolute atomic E-state index is 10.9. The van der Waals surface area contributed by atoms with Gasteiger partial charge in [-0.1, -0.05) is 24.3 Å². The fourth-order valence-electron chi connectivity index (χ4n) is 3.49. The topological polar surface area (TPSA) is 67.8 Å². The summed E-state index contributed by atoms with van der Waals surface area (Å²) in [6.45, 7) is 3.09. The van der Waals surface area contributed by atoms with Gasteiger partial charge in [-0.2, -0.15) is 0 Å². The molecule has 138 valence electrons. The van der Waals surface area contributed by atoms with E-state index >= 15 is 0 Å². The summed E-state index contributed by atoms with van der Waals surface area (Å²) in [4.78, 5) is 10.9. The molecule has 1 heterocycles. The molecule has 1 aliphatic heterocycles. The number of aromatic carboxylic acids is 1. The number of carboxylic acid groups (broad SMARTS) is 1. The van der Waals surface area contributed by atoms with Gasteiger partial charge in [-0.25, -0.2) is 4.79 Å². The fourth-order valence-corrected chi connectivity index (χ4v) is 3.49. The van der Waals surface area contributed by atoms with Crippen molar-refractivity contribution in [3.05, 3.63) is 65.2 Å². The normalized spacial score (nSPS) is 16.2. The summed E-state index contributed by atoms with van der Waals surface area (Å²) < 4.78 is 10.9. The number of benzene rings is 2. The number of carbonyl (C=O) groups is 1. The van der Waals surface area contributed by atoms with Crippen molar-refractivity contribution in [1.29, 1.82) is 0 Å². The Bertz CT molecular complexity index is 719. The largest absolute Gasteiger partial charge is 0.497 e. The third-order valence-electron chi connectivity index (χ3n) is 5.15. The van der Waals surface area contributed by atoms with E-state index in [0.717, 1.165) is 43.9 Å². The Morgan fingerprint density at radius 3 is 2.35 bits per heavy atom. The zero-order chi connectivity index (χ0) is 18.4. The van der Waals surface area contributed by atoms with E-state index in [4.69, 9.17) is 14.6 Å². The van der Waals surface area contributed by atoms with Crippen LogP contribution < -0.4 is 10.1 Å². The first-order valence-corrected chi connectivity index (χ1v) is 8.88. The molecular formula is C21H25NO4. The van der Waals surface area contributed by atoms with Crippen molar-refractivity contribution in [2.75, 3.05) is 26.9 Å². The average Bonchev–Trinajstić information content (AvgIpc) is 2.69. The third-order valence-corrected chi connectivity index (χ3v) is 5.15. The maximum atomic E-state index is 10.9. The van der Waals surface area contributed by atoms with Gasteiger partial charge in [0.15, 0.2) is 0 Å². The van der Waals surface area contributed by atoms with Crippen molar-refractivity contribution in [3.8, 4) is 5.75 Å². The molecule has 0 atom stereocenters. The second kappa shape index (κ2) is 8.34. The molecule has 0 aliphatic carbocycles. The molecule has 5 nitrogen and oxygen atoms in total. The van der Waals surface area contributed by atoms with Gasteiger partial charge in [-0.3, -0.25) is 0 Å². The Morgan fingerprint density at radius 1 is 1.12 bits per heavy atom. The van der Waals surface area contributed by atoms with E-state index in [9.17, 15) is 4.79 Å². The molecular weight excluding hydrogens is 330 g/mol. The lowest BCUT2D eigenvalue weighted by Gasteiger charge is -2.38. The standard InChI is InChI=1S/C21H25NO4/c1-25-19-8-6-18(7-9-19)21(10-12-26-13-11-21)15-22-14-16-2-4-17(5-3-16)20(23)24/h2-9,22H,10-15H2,1H3,(H,23,24). The quantitative estimate of drug-likeness (QED) is 0.798. The van der Waals surface area contributed by atoms with E-state index < -0.39 is 5.97 Å². The predicted octanol–water partition coefficient (Wildman–Crippen LogP) is 3.23. The van der Waals surface area contributed by atoms with Gasteiger partial charge in [0.1, 0.15) is 5.75 Å². The Hall–Kier alpha value is -2.37. The highest BCUT2D eigenvalue weighted by Crippen LogP contribution is 2.35. The van der Waals surface area contributed by atoms with Crippen molar-refractivity contribution in [3.63, 3.8) is 0 Å². The molecule has 3 rings (SSSR count). The van der Waals surface area contributed by atoms with Crippen LogP contribution in [0.5, 0.6) is 5.75 Å². The number of hydrogen-bond donors (Lipinski definition) is 2. The molecule has 1 saturated heterocycles. The monoisotopic (exact) mass is 355 g/mol. The lowest BCUT2D eigenvalue weighted by atomic mass is 9.74. The minimum Gasteiger partial charge on any atom is -0.497 e. The molecule has 0 radical (unpaired) electrons. The van der Waals surface area contributed by atoms with Gasteiger partial charge < -0.3 is 19.9 Å². The minimum absolute atomic E-state index is 0.0471. The van der Waals surface area contributed by atoms with E-state index in [0.29, 0.717) is 12.1 Å². The SMILES string of the molecule is COc1ccc(C2(CNCc3ccc(C(=O)O)cc3)CCOCC2)cc1. The summed E-state index contributed by atoms with van der Waals surface area (Å²) in [7, 11) is 1.68. The van der Waals surface area contributed by atoms with Crippen LogP contribution in [0, 0.1) is 0 Å². The van der Waals surface area contributed by atoms with Gasteiger partial charge in [-0.05, 0) is 48.2 Å². The van der Waals surface area contributed by atoms with Crippen molar-refractivity contribution in [1.82, 2.24) is 5.32 Å². The molecule has 2 aromatic carbocycles. The number of methoxy groups -OCH3 is 1. The van der Waals surface area contributed by atoms with Gasteiger partial charge in [0, 0.05) is 31.7 Å². The summed E-state index contributed by atoms with van der Waals surface area (Å²) in [5, 5.41) is 12.5. The molecule has 1 aliphatic rings. The summed E-state index contributed by atoms with van der Waals surface area (Å²) in [5.74, 6) is -0.0346. The fraction of sp³-hybridized carbons (Fsp3) is 0.381. The summed E-state index contributed by atoms with van der Waals surface area (Å²) in [5.41, 5.74) is 2.74. The lowest BCUT2D eigenvalue weighted by Crippen LogP contribution is -2.42. The first-order chi connectivity index (χ1) is 12.6. The van der Waals surface area contributed by atoms with E-state index in [1.54, 1.807) is 19.2 Å². The van der Waals surface area contributed by atoms with Crippen LogP contribution in [0.4, 0.5) is 0 Å². The van der Waals surface area contributed by atoms with Gasteiger partial charge in [-0.15, -0.1) is 0 Å². The van der Waals surface area contributed by atoms with Crippen LogP contribution >= 0.6 is 0 Å². The van der Waals surface area contributed by atoms with E-state index in [1.165, 1.54) is 5.56 Å². The van der Waals surface area contributed by atoms with Crippen LogP contribution in [0.25, 0.3) is 0 Å². The lowest BCUT2D eigenvalue weighted by molar-refractivity contribution is 0.0497. The van der Waals surface area contributed by atoms with Crippen LogP contribution in [-0.4, -0.2) is 37.9 Å². The number of ether oxygens (including phenoxy) is 2. The Kier molecular flexibility index (Phi) is 5.91. The van der Waals surface area contributed by atoms with Crippen molar-refractivity contribution in [2.45, 2.75) is 24.8 Å². The molecule has 26 heavy (non-hydrogen) atoms. The zero-order valence-corrected chi connectivity index (χ0v) is 15.0. The first kappa shape index (κ1) is 18.4. The summed E-state index contributed by atoms with van der Waals surface area (Å²) in [6, 6.07) is 15.3. The minimum atomic E-state index is -0.898. The van der Waals surface area contributed by atoms with Crippen molar-refractivity contribution >= 4 is 5.97 Å². The van der Waals surface area contributed by atoms with Gasteiger partial charge in [0.05, 0.1) is 12.7 Å². The molecule has 0 amide bonds. The van der Waals surface area contributed by atoms with Crippen LogP contribution in [0.2, 0.25) is 0 Å². The molecule has 0 saturated carbocycles. The van der Waals surface area contributed by atoms with E-state index in [-0.39, 0.29) is 5.41 Å².